The number of nitrogens with zero attached hydrogens (tertiary/aromatic N) is 1. The Morgan fingerprint density at radius 3 is 2.65 bits per heavy atom. The molecule has 0 saturated heterocycles. The molecular formula is C20H25NO2. The molecule has 0 radical (unpaired) electrons. The number of hydrogen-bond acceptors (Lipinski definition) is 3. The summed E-state index contributed by atoms with van der Waals surface area (Å²) in [6.45, 7) is 2.22. The number of ether oxygens (including phenoxy) is 1. The standard InChI is InChI=1S/C20H25NO2/c1-23-19-10-9-17-14-20(16-7-3-2-4-8-16)21(11-5-6-12-22)15-18(17)13-19/h2-4,7-10,13,20,22H,5-6,11-12,14-15H2,1H3. The normalized spacial score (nSPS) is 17.7. The minimum atomic E-state index is 0.272. The molecule has 1 aliphatic heterocycles. The third-order valence-electron chi connectivity index (χ3n) is 4.68. The third-order valence-corrected chi connectivity index (χ3v) is 4.68. The maximum absolute atomic E-state index is 9.07. The Bertz CT molecular complexity index is 627. The maximum atomic E-state index is 9.07. The molecule has 0 saturated carbocycles. The number of fused-ring (bicyclic) bond motifs is 1. The van der Waals surface area contributed by atoms with E-state index >= 15 is 0 Å². The second-order valence-electron chi connectivity index (χ2n) is 6.17. The lowest BCUT2D eigenvalue weighted by Gasteiger charge is -2.37. The zero-order valence-corrected chi connectivity index (χ0v) is 13.7. The van der Waals surface area contributed by atoms with Gasteiger partial charge in [0.25, 0.3) is 0 Å². The minimum absolute atomic E-state index is 0.272. The van der Waals surface area contributed by atoms with Gasteiger partial charge in [0.2, 0.25) is 0 Å². The summed E-state index contributed by atoms with van der Waals surface area (Å²) in [4.78, 5) is 2.53. The van der Waals surface area contributed by atoms with Gasteiger partial charge in [0.1, 0.15) is 5.75 Å². The van der Waals surface area contributed by atoms with Crippen molar-refractivity contribution in [2.24, 2.45) is 0 Å². The molecule has 2 aromatic carbocycles. The predicted molar refractivity (Wildman–Crippen MR) is 92.6 cm³/mol. The zero-order valence-electron chi connectivity index (χ0n) is 13.7. The van der Waals surface area contributed by atoms with Crippen LogP contribution >= 0.6 is 0 Å². The van der Waals surface area contributed by atoms with Gasteiger partial charge in [-0.15, -0.1) is 0 Å². The molecule has 1 N–H and O–H groups in total. The van der Waals surface area contributed by atoms with Crippen LogP contribution in [0.1, 0.15) is 35.6 Å². The average molecular weight is 311 g/mol. The highest BCUT2D eigenvalue weighted by atomic mass is 16.5. The van der Waals surface area contributed by atoms with Crippen molar-refractivity contribution in [3.8, 4) is 5.75 Å². The average Bonchev–Trinajstić information content (AvgIpc) is 2.61. The molecule has 3 rings (SSSR count). The fraction of sp³-hybridized carbons (Fsp3) is 0.400. The number of hydrogen-bond donors (Lipinski definition) is 1. The Labute approximate surface area is 138 Å². The van der Waals surface area contributed by atoms with Gasteiger partial charge in [0.05, 0.1) is 7.11 Å². The molecule has 0 aliphatic carbocycles. The molecule has 0 amide bonds. The minimum Gasteiger partial charge on any atom is -0.497 e. The molecule has 1 atom stereocenters. The number of aliphatic hydroxyl groups excluding tert-OH is 1. The Morgan fingerprint density at radius 1 is 1.09 bits per heavy atom. The van der Waals surface area contributed by atoms with E-state index in [0.29, 0.717) is 6.04 Å². The van der Waals surface area contributed by atoms with Crippen molar-refractivity contribution >= 4 is 0 Å². The molecule has 122 valence electrons. The van der Waals surface area contributed by atoms with Crippen LogP contribution in [0.3, 0.4) is 0 Å². The summed E-state index contributed by atoms with van der Waals surface area (Å²) in [7, 11) is 1.72. The quantitative estimate of drug-likeness (QED) is 0.828. The first kappa shape index (κ1) is 16.0. The van der Waals surface area contributed by atoms with E-state index in [2.05, 4.69) is 53.4 Å². The first-order valence-corrected chi connectivity index (χ1v) is 8.37. The van der Waals surface area contributed by atoms with E-state index in [-0.39, 0.29) is 6.61 Å². The first-order chi connectivity index (χ1) is 11.3. The van der Waals surface area contributed by atoms with Gasteiger partial charge in [-0.25, -0.2) is 0 Å². The second kappa shape index (κ2) is 7.62. The SMILES string of the molecule is COc1ccc2c(c1)CN(CCCCO)C(c1ccccc1)C2. The Morgan fingerprint density at radius 2 is 1.91 bits per heavy atom. The summed E-state index contributed by atoms with van der Waals surface area (Å²) in [5, 5.41) is 9.07. The van der Waals surface area contributed by atoms with Gasteiger partial charge in [0, 0.05) is 19.2 Å². The number of aliphatic hydroxyl groups is 1. The van der Waals surface area contributed by atoms with Gasteiger partial charge in [-0.1, -0.05) is 36.4 Å². The van der Waals surface area contributed by atoms with Crippen molar-refractivity contribution in [1.82, 2.24) is 4.90 Å². The maximum Gasteiger partial charge on any atom is 0.119 e. The molecule has 0 aromatic heterocycles. The number of rotatable bonds is 6. The Balaban J connectivity index is 1.86. The van der Waals surface area contributed by atoms with Gasteiger partial charge in [-0.3, -0.25) is 4.90 Å². The molecule has 2 aromatic rings. The Hall–Kier alpha value is -1.84. The number of unbranched alkanes of at least 4 members (excludes halogenated alkanes) is 1. The largest absolute Gasteiger partial charge is 0.497 e. The van der Waals surface area contributed by atoms with Crippen molar-refractivity contribution in [1.29, 1.82) is 0 Å². The highest BCUT2D eigenvalue weighted by Gasteiger charge is 2.27. The van der Waals surface area contributed by atoms with E-state index in [1.54, 1.807) is 7.11 Å². The lowest BCUT2D eigenvalue weighted by atomic mass is 9.89. The number of methoxy groups -OCH3 is 1. The molecule has 1 aliphatic rings. The van der Waals surface area contributed by atoms with Crippen LogP contribution in [0.5, 0.6) is 5.75 Å². The highest BCUT2D eigenvalue weighted by molar-refractivity contribution is 5.39. The Kier molecular flexibility index (Phi) is 5.31. The van der Waals surface area contributed by atoms with E-state index in [1.807, 2.05) is 0 Å². The van der Waals surface area contributed by atoms with Gasteiger partial charge in [-0.2, -0.15) is 0 Å². The molecule has 3 heteroatoms. The molecule has 0 bridgehead atoms. The van der Waals surface area contributed by atoms with Crippen LogP contribution in [0.4, 0.5) is 0 Å². The van der Waals surface area contributed by atoms with Crippen molar-refractivity contribution in [3.05, 3.63) is 65.2 Å². The molecule has 23 heavy (non-hydrogen) atoms. The van der Waals surface area contributed by atoms with E-state index in [1.165, 1.54) is 16.7 Å². The van der Waals surface area contributed by atoms with E-state index < -0.39 is 0 Å². The lowest BCUT2D eigenvalue weighted by molar-refractivity contribution is 0.162. The fourth-order valence-electron chi connectivity index (χ4n) is 3.41. The molecule has 3 nitrogen and oxygen atoms in total. The number of benzene rings is 2. The summed E-state index contributed by atoms with van der Waals surface area (Å²) >= 11 is 0. The topological polar surface area (TPSA) is 32.7 Å². The molecule has 1 unspecified atom stereocenters. The van der Waals surface area contributed by atoms with Gasteiger partial charge in [0.15, 0.2) is 0 Å². The van der Waals surface area contributed by atoms with Crippen LogP contribution in [0, 0.1) is 0 Å². The van der Waals surface area contributed by atoms with Crippen molar-refractivity contribution in [3.63, 3.8) is 0 Å². The summed E-state index contributed by atoms with van der Waals surface area (Å²) in [6.07, 6.45) is 2.92. The summed E-state index contributed by atoms with van der Waals surface area (Å²) in [5.74, 6) is 0.928. The van der Waals surface area contributed by atoms with Gasteiger partial charge in [-0.05, 0) is 54.6 Å². The summed E-state index contributed by atoms with van der Waals surface area (Å²) < 4.78 is 5.37. The summed E-state index contributed by atoms with van der Waals surface area (Å²) in [6, 6.07) is 17.6. The van der Waals surface area contributed by atoms with Crippen LogP contribution in [-0.4, -0.2) is 30.3 Å². The van der Waals surface area contributed by atoms with Crippen LogP contribution in [0.25, 0.3) is 0 Å². The van der Waals surface area contributed by atoms with Gasteiger partial charge < -0.3 is 9.84 Å². The van der Waals surface area contributed by atoms with Crippen molar-refractivity contribution in [2.75, 3.05) is 20.3 Å². The molecule has 0 spiro atoms. The zero-order chi connectivity index (χ0) is 16.1. The van der Waals surface area contributed by atoms with Crippen LogP contribution in [0.2, 0.25) is 0 Å². The monoisotopic (exact) mass is 311 g/mol. The molecular weight excluding hydrogens is 286 g/mol. The van der Waals surface area contributed by atoms with Crippen molar-refractivity contribution in [2.45, 2.75) is 31.8 Å². The second-order valence-corrected chi connectivity index (χ2v) is 6.17. The highest BCUT2D eigenvalue weighted by Crippen LogP contribution is 2.34. The first-order valence-electron chi connectivity index (χ1n) is 8.37. The predicted octanol–water partition coefficient (Wildman–Crippen LogP) is 3.57. The third kappa shape index (κ3) is 3.74. The lowest BCUT2D eigenvalue weighted by Crippen LogP contribution is -2.35. The van der Waals surface area contributed by atoms with Crippen LogP contribution in [-0.2, 0) is 13.0 Å². The van der Waals surface area contributed by atoms with Gasteiger partial charge >= 0.3 is 0 Å². The fourth-order valence-corrected chi connectivity index (χ4v) is 3.41. The van der Waals surface area contributed by atoms with E-state index in [0.717, 1.165) is 38.1 Å². The van der Waals surface area contributed by atoms with E-state index in [9.17, 15) is 0 Å². The van der Waals surface area contributed by atoms with Crippen molar-refractivity contribution < 1.29 is 9.84 Å². The molecule has 1 heterocycles. The molecule has 0 fully saturated rings. The summed E-state index contributed by atoms with van der Waals surface area (Å²) in [5.41, 5.74) is 4.15. The van der Waals surface area contributed by atoms with E-state index in [4.69, 9.17) is 9.84 Å². The van der Waals surface area contributed by atoms with Crippen LogP contribution < -0.4 is 4.74 Å². The van der Waals surface area contributed by atoms with Crippen LogP contribution in [0.15, 0.2) is 48.5 Å². The smallest absolute Gasteiger partial charge is 0.119 e.